The predicted octanol–water partition coefficient (Wildman–Crippen LogP) is 1.45. The van der Waals surface area contributed by atoms with E-state index in [0.29, 0.717) is 18.2 Å². The summed E-state index contributed by atoms with van der Waals surface area (Å²) in [5.74, 6) is 0. The van der Waals surface area contributed by atoms with Crippen molar-refractivity contribution in [2.45, 2.75) is 69.9 Å². The van der Waals surface area contributed by atoms with E-state index in [1.807, 2.05) is 0 Å². The van der Waals surface area contributed by atoms with Crippen molar-refractivity contribution in [3.05, 3.63) is 0 Å². The lowest BCUT2D eigenvalue weighted by Crippen LogP contribution is -2.62. The fraction of sp³-hybridized carbons (Fsp3) is 1.00. The van der Waals surface area contributed by atoms with Crippen LogP contribution in [0.3, 0.4) is 0 Å². The van der Waals surface area contributed by atoms with Crippen molar-refractivity contribution in [3.8, 4) is 0 Å². The molecule has 0 aromatic rings. The molecule has 3 rings (SSSR count). The molecule has 2 atom stereocenters. The summed E-state index contributed by atoms with van der Waals surface area (Å²) in [4.78, 5) is 2.51. The van der Waals surface area contributed by atoms with Gasteiger partial charge >= 0.3 is 0 Å². The molecule has 5 heteroatoms. The molecule has 0 saturated carbocycles. The van der Waals surface area contributed by atoms with Gasteiger partial charge in [-0.2, -0.15) is 0 Å². The maximum absolute atomic E-state index is 12.5. The average molecular weight is 283 g/mol. The molecule has 3 aliphatic rings. The van der Waals surface area contributed by atoms with E-state index in [0.717, 1.165) is 39.1 Å². The van der Waals surface area contributed by atoms with Crippen LogP contribution in [0.2, 0.25) is 0 Å². The monoisotopic (exact) mass is 283 g/mol. The summed E-state index contributed by atoms with van der Waals surface area (Å²) in [7, 11) is 0. The van der Waals surface area contributed by atoms with Crippen molar-refractivity contribution < 1.29 is 14.7 Å². The molecule has 3 fully saturated rings. The van der Waals surface area contributed by atoms with Gasteiger partial charge < -0.3 is 9.47 Å². The molecule has 1 radical (unpaired) electrons. The summed E-state index contributed by atoms with van der Waals surface area (Å²) in [6.45, 7) is 12.0. The standard InChI is InChI=1S/C15H27N2O3/c1-14(2)5-11(6-15(3,4)17(14)18)16(7-12-9-19-12)8-13-10-20-13/h11-13H,5-10H2,1-4H3. The molecule has 5 nitrogen and oxygen atoms in total. The first-order valence-electron chi connectivity index (χ1n) is 7.73. The second-order valence-electron chi connectivity index (χ2n) is 7.85. The largest absolute Gasteiger partial charge is 0.372 e. The quantitative estimate of drug-likeness (QED) is 0.717. The van der Waals surface area contributed by atoms with Crippen LogP contribution in [0.5, 0.6) is 0 Å². The normalized spacial score (nSPS) is 36.3. The van der Waals surface area contributed by atoms with Crippen LogP contribution in [0, 0.1) is 0 Å². The molecule has 0 aromatic carbocycles. The number of epoxide rings is 2. The average Bonchev–Trinajstić information content (AvgIpc) is 3.18. The van der Waals surface area contributed by atoms with Gasteiger partial charge in [-0.1, -0.05) is 0 Å². The summed E-state index contributed by atoms with van der Waals surface area (Å²) in [5, 5.41) is 13.8. The first kappa shape index (κ1) is 14.7. The Balaban J connectivity index is 1.71. The molecule has 115 valence electrons. The molecular weight excluding hydrogens is 256 g/mol. The third-order valence-corrected chi connectivity index (χ3v) is 4.77. The number of nitrogens with zero attached hydrogens (tertiary/aromatic N) is 2. The zero-order valence-electron chi connectivity index (χ0n) is 13.1. The molecule has 0 aromatic heterocycles. The maximum Gasteiger partial charge on any atom is 0.0936 e. The Morgan fingerprint density at radius 3 is 1.75 bits per heavy atom. The van der Waals surface area contributed by atoms with Gasteiger partial charge in [-0.25, -0.2) is 0 Å². The minimum Gasteiger partial charge on any atom is -0.372 e. The summed E-state index contributed by atoms with van der Waals surface area (Å²) in [5.41, 5.74) is -0.612. The van der Waals surface area contributed by atoms with E-state index in [1.165, 1.54) is 5.06 Å². The SMILES string of the molecule is CC1(C)CC(N(CC2CO2)CC2CO2)CC(C)(C)N1[O]. The summed E-state index contributed by atoms with van der Waals surface area (Å²) >= 11 is 0. The third kappa shape index (κ3) is 3.17. The molecule has 20 heavy (non-hydrogen) atoms. The highest BCUT2D eigenvalue weighted by Gasteiger charge is 2.48. The van der Waals surface area contributed by atoms with E-state index >= 15 is 0 Å². The van der Waals surface area contributed by atoms with Crippen molar-refractivity contribution in [3.63, 3.8) is 0 Å². The zero-order chi connectivity index (χ0) is 14.5. The number of hydrogen-bond donors (Lipinski definition) is 0. The maximum atomic E-state index is 12.5. The Hall–Kier alpha value is -0.200. The molecule has 2 unspecified atom stereocenters. The minimum atomic E-state index is -0.306. The third-order valence-electron chi connectivity index (χ3n) is 4.77. The highest BCUT2D eigenvalue weighted by atomic mass is 16.6. The van der Waals surface area contributed by atoms with Crippen LogP contribution in [-0.2, 0) is 14.7 Å². The van der Waals surface area contributed by atoms with Gasteiger partial charge in [0.2, 0.25) is 0 Å². The van der Waals surface area contributed by atoms with E-state index < -0.39 is 0 Å². The van der Waals surface area contributed by atoms with E-state index in [2.05, 4.69) is 32.6 Å². The van der Waals surface area contributed by atoms with E-state index in [1.54, 1.807) is 0 Å². The Kier molecular flexibility index (Phi) is 3.62. The van der Waals surface area contributed by atoms with Gasteiger partial charge in [0.05, 0.1) is 25.4 Å². The fourth-order valence-corrected chi connectivity index (χ4v) is 3.71. The lowest BCUT2D eigenvalue weighted by Gasteiger charge is -2.52. The van der Waals surface area contributed by atoms with Crippen LogP contribution in [0.15, 0.2) is 0 Å². The topological polar surface area (TPSA) is 51.4 Å². The van der Waals surface area contributed by atoms with Crippen molar-refractivity contribution in [2.24, 2.45) is 0 Å². The second kappa shape index (κ2) is 4.92. The van der Waals surface area contributed by atoms with Gasteiger partial charge in [-0.15, -0.1) is 10.3 Å². The molecule has 3 saturated heterocycles. The molecule has 0 spiro atoms. The smallest absolute Gasteiger partial charge is 0.0936 e. The fourth-order valence-electron chi connectivity index (χ4n) is 3.71. The summed E-state index contributed by atoms with van der Waals surface area (Å²) in [6, 6.07) is 0.443. The van der Waals surface area contributed by atoms with Crippen molar-refractivity contribution in [2.75, 3.05) is 26.3 Å². The highest BCUT2D eigenvalue weighted by molar-refractivity contribution is 5.00. The lowest BCUT2D eigenvalue weighted by atomic mass is 9.78. The molecule has 0 amide bonds. The van der Waals surface area contributed by atoms with Crippen LogP contribution in [0.1, 0.15) is 40.5 Å². The molecule has 3 heterocycles. The van der Waals surface area contributed by atoms with Crippen LogP contribution in [-0.4, -0.2) is 65.6 Å². The Labute approximate surface area is 121 Å². The van der Waals surface area contributed by atoms with Gasteiger partial charge in [-0.05, 0) is 40.5 Å². The molecular formula is C15H27N2O3. The van der Waals surface area contributed by atoms with Crippen molar-refractivity contribution >= 4 is 0 Å². The first-order chi connectivity index (χ1) is 9.28. The van der Waals surface area contributed by atoms with E-state index in [4.69, 9.17) is 9.47 Å². The molecule has 3 aliphatic heterocycles. The Morgan fingerprint density at radius 2 is 1.40 bits per heavy atom. The molecule has 0 aliphatic carbocycles. The number of rotatable bonds is 5. The van der Waals surface area contributed by atoms with E-state index in [-0.39, 0.29) is 11.1 Å². The van der Waals surface area contributed by atoms with Gasteiger partial charge in [0.15, 0.2) is 0 Å². The van der Waals surface area contributed by atoms with Gasteiger partial charge in [-0.3, -0.25) is 4.90 Å². The number of ether oxygens (including phenoxy) is 2. The van der Waals surface area contributed by atoms with E-state index in [9.17, 15) is 5.21 Å². The zero-order valence-corrected chi connectivity index (χ0v) is 13.1. The number of piperidine rings is 1. The Morgan fingerprint density at radius 1 is 1.00 bits per heavy atom. The van der Waals surface area contributed by atoms with Crippen LogP contribution in [0.4, 0.5) is 0 Å². The van der Waals surface area contributed by atoms with Crippen LogP contribution in [0.25, 0.3) is 0 Å². The van der Waals surface area contributed by atoms with Crippen LogP contribution >= 0.6 is 0 Å². The van der Waals surface area contributed by atoms with Crippen molar-refractivity contribution in [1.82, 2.24) is 9.96 Å². The second-order valence-corrected chi connectivity index (χ2v) is 7.85. The first-order valence-corrected chi connectivity index (χ1v) is 7.73. The number of hydroxylamine groups is 2. The van der Waals surface area contributed by atoms with Gasteiger partial charge in [0.25, 0.3) is 0 Å². The Bertz CT molecular complexity index is 332. The highest BCUT2D eigenvalue weighted by Crippen LogP contribution is 2.39. The summed E-state index contributed by atoms with van der Waals surface area (Å²) < 4.78 is 10.8. The number of hydrogen-bond acceptors (Lipinski definition) is 4. The predicted molar refractivity (Wildman–Crippen MR) is 74.8 cm³/mol. The molecule has 0 bridgehead atoms. The molecule has 0 N–H and O–H groups in total. The van der Waals surface area contributed by atoms with Crippen molar-refractivity contribution in [1.29, 1.82) is 0 Å². The van der Waals surface area contributed by atoms with Gasteiger partial charge in [0, 0.05) is 30.2 Å². The lowest BCUT2D eigenvalue weighted by molar-refractivity contribution is -0.294. The van der Waals surface area contributed by atoms with Gasteiger partial charge in [0.1, 0.15) is 0 Å². The summed E-state index contributed by atoms with van der Waals surface area (Å²) in [6.07, 6.45) is 2.62. The minimum absolute atomic E-state index is 0.306. The van der Waals surface area contributed by atoms with Crippen LogP contribution < -0.4 is 0 Å².